The summed E-state index contributed by atoms with van der Waals surface area (Å²) in [4.78, 5) is 26.7. The molecule has 0 fully saturated rings. The van der Waals surface area contributed by atoms with E-state index >= 15 is 0 Å². The van der Waals surface area contributed by atoms with Gasteiger partial charge in [-0.15, -0.1) is 0 Å². The van der Waals surface area contributed by atoms with Crippen LogP contribution in [0.4, 0.5) is 0 Å². The first kappa shape index (κ1) is 29.3. The van der Waals surface area contributed by atoms with Gasteiger partial charge < -0.3 is 35.2 Å². The van der Waals surface area contributed by atoms with Crippen LogP contribution in [0.3, 0.4) is 0 Å². The SMILES string of the molecule is CC(=O)[O-].CC(=O)[O-].CC(=O)[O-].O.[Mn+3]. The van der Waals surface area contributed by atoms with Crippen LogP contribution in [-0.2, 0) is 31.5 Å². The molecule has 0 aliphatic heterocycles. The van der Waals surface area contributed by atoms with E-state index in [1.165, 1.54) is 0 Å². The van der Waals surface area contributed by atoms with Gasteiger partial charge in [-0.25, -0.2) is 0 Å². The van der Waals surface area contributed by atoms with E-state index in [-0.39, 0.29) is 22.5 Å². The van der Waals surface area contributed by atoms with Crippen molar-refractivity contribution in [3.63, 3.8) is 0 Å². The van der Waals surface area contributed by atoms with Crippen molar-refractivity contribution in [2.45, 2.75) is 20.8 Å². The summed E-state index contributed by atoms with van der Waals surface area (Å²) >= 11 is 0. The molecule has 0 radical (unpaired) electrons. The van der Waals surface area contributed by atoms with Gasteiger partial charge in [-0.3, -0.25) is 0 Å². The van der Waals surface area contributed by atoms with Crippen LogP contribution in [0.5, 0.6) is 0 Å². The van der Waals surface area contributed by atoms with E-state index in [0.29, 0.717) is 0 Å². The fraction of sp³-hybridized carbons (Fsp3) is 0.500. The molecule has 0 atom stereocenters. The molecule has 0 bridgehead atoms. The first-order chi connectivity index (χ1) is 5.20. The van der Waals surface area contributed by atoms with Gasteiger partial charge >= 0.3 is 17.1 Å². The third-order valence-corrected chi connectivity index (χ3v) is 0. The van der Waals surface area contributed by atoms with Crippen LogP contribution in [0.25, 0.3) is 0 Å². The van der Waals surface area contributed by atoms with Crippen LogP contribution in [0.15, 0.2) is 0 Å². The molecular formula is C6H11MnO7. The van der Waals surface area contributed by atoms with Crippen LogP contribution in [0.1, 0.15) is 20.8 Å². The van der Waals surface area contributed by atoms with Crippen molar-refractivity contribution in [1.82, 2.24) is 0 Å². The maximum Gasteiger partial charge on any atom is 3.00 e. The van der Waals surface area contributed by atoms with E-state index < -0.39 is 17.9 Å². The van der Waals surface area contributed by atoms with Crippen molar-refractivity contribution >= 4 is 17.9 Å². The third kappa shape index (κ3) is 864. The van der Waals surface area contributed by atoms with Gasteiger partial charge in [-0.2, -0.15) is 0 Å². The molecule has 0 aromatic carbocycles. The zero-order chi connectivity index (χ0) is 10.7. The van der Waals surface area contributed by atoms with Crippen molar-refractivity contribution in [2.75, 3.05) is 0 Å². The van der Waals surface area contributed by atoms with Gasteiger partial charge in [0.05, 0.1) is 0 Å². The van der Waals surface area contributed by atoms with Crippen molar-refractivity contribution in [2.24, 2.45) is 0 Å². The largest absolute Gasteiger partial charge is 3.00 e. The molecule has 7 nitrogen and oxygen atoms in total. The van der Waals surface area contributed by atoms with Gasteiger partial charge in [-0.05, 0) is 20.8 Å². The summed E-state index contributed by atoms with van der Waals surface area (Å²) in [6.45, 7) is 2.92. The molecule has 0 aliphatic carbocycles. The number of carbonyl (C=O) groups excluding carboxylic acids is 3. The minimum atomic E-state index is -1.08. The van der Waals surface area contributed by atoms with E-state index in [2.05, 4.69) is 0 Å². The summed E-state index contributed by atoms with van der Waals surface area (Å²) in [5.41, 5.74) is 0. The Morgan fingerprint density at radius 3 is 0.714 bits per heavy atom. The van der Waals surface area contributed by atoms with Crippen LogP contribution < -0.4 is 15.3 Å². The molecule has 0 rings (SSSR count). The number of rotatable bonds is 0. The first-order valence-corrected chi connectivity index (χ1v) is 2.72. The van der Waals surface area contributed by atoms with E-state index in [9.17, 15) is 0 Å². The molecule has 0 aromatic heterocycles. The molecule has 0 spiro atoms. The zero-order valence-corrected chi connectivity index (χ0v) is 9.01. The smallest absolute Gasteiger partial charge is 0.550 e. The van der Waals surface area contributed by atoms with Crippen LogP contribution in [-0.4, -0.2) is 23.4 Å². The minimum Gasteiger partial charge on any atom is -0.550 e. The molecule has 0 aromatic rings. The number of hydrogen-bond donors (Lipinski definition) is 0. The Bertz CT molecular complexity index is 116. The number of hydrogen-bond acceptors (Lipinski definition) is 6. The predicted molar refractivity (Wildman–Crippen MR) is 35.7 cm³/mol. The summed E-state index contributed by atoms with van der Waals surface area (Å²) in [6, 6.07) is 0. The second kappa shape index (κ2) is 22.7. The predicted octanol–water partition coefficient (Wildman–Crippen LogP) is -4.56. The Balaban J connectivity index is -0.0000000270. The quantitative estimate of drug-likeness (QED) is 0.394. The summed E-state index contributed by atoms with van der Waals surface area (Å²) < 4.78 is 0. The minimum absolute atomic E-state index is 0. The summed E-state index contributed by atoms with van der Waals surface area (Å²) in [6.07, 6.45) is 0. The average molecular weight is 250 g/mol. The molecule has 8 heteroatoms. The second-order valence-electron chi connectivity index (χ2n) is 1.47. The van der Waals surface area contributed by atoms with E-state index in [4.69, 9.17) is 29.7 Å². The van der Waals surface area contributed by atoms with Crippen LogP contribution in [0, 0.1) is 0 Å². The maximum atomic E-state index is 8.89. The molecule has 0 saturated heterocycles. The number of carboxylic acids is 3. The van der Waals surface area contributed by atoms with Crippen molar-refractivity contribution in [3.05, 3.63) is 0 Å². The normalized spacial score (nSPS) is 5.36. The van der Waals surface area contributed by atoms with Gasteiger partial charge in [0.1, 0.15) is 0 Å². The number of carboxylic acid groups (broad SMARTS) is 3. The molecule has 0 heterocycles. The molecule has 84 valence electrons. The molecule has 0 amide bonds. The topological polar surface area (TPSA) is 152 Å². The van der Waals surface area contributed by atoms with Crippen LogP contribution in [0.2, 0.25) is 0 Å². The molecule has 0 aliphatic rings. The van der Waals surface area contributed by atoms with E-state index in [1.807, 2.05) is 0 Å². The summed E-state index contributed by atoms with van der Waals surface area (Å²) in [5, 5.41) is 26.7. The zero-order valence-electron chi connectivity index (χ0n) is 7.83. The molecular weight excluding hydrogens is 239 g/mol. The molecule has 0 saturated carbocycles. The first-order valence-electron chi connectivity index (χ1n) is 2.72. The Kier molecular flexibility index (Phi) is 47.4. The number of aliphatic carboxylic acids is 3. The van der Waals surface area contributed by atoms with Gasteiger partial charge in [-0.1, -0.05) is 0 Å². The van der Waals surface area contributed by atoms with E-state index in [0.717, 1.165) is 20.8 Å². The van der Waals surface area contributed by atoms with Crippen molar-refractivity contribution in [3.8, 4) is 0 Å². The Morgan fingerprint density at radius 1 is 0.714 bits per heavy atom. The molecule has 2 N–H and O–H groups in total. The Labute approximate surface area is 91.5 Å². The summed E-state index contributed by atoms with van der Waals surface area (Å²) in [5.74, 6) is -3.25. The summed E-state index contributed by atoms with van der Waals surface area (Å²) in [7, 11) is 0. The molecule has 0 unspecified atom stereocenters. The van der Waals surface area contributed by atoms with Gasteiger partial charge in [0.25, 0.3) is 0 Å². The maximum absolute atomic E-state index is 8.89. The number of carbonyl (C=O) groups is 3. The van der Waals surface area contributed by atoms with E-state index in [1.54, 1.807) is 0 Å². The Hall–Kier alpha value is -1.11. The third-order valence-electron chi connectivity index (χ3n) is 0. The molecule has 14 heavy (non-hydrogen) atoms. The van der Waals surface area contributed by atoms with Gasteiger partial charge in [0.2, 0.25) is 0 Å². The van der Waals surface area contributed by atoms with Gasteiger partial charge in [0, 0.05) is 17.9 Å². The standard InChI is InChI=1S/3C2H4O2.Mn.H2O/c3*1-2(3)4;;/h3*1H3,(H,3,4);;1H2/q;;;+3;/p-3. The Morgan fingerprint density at radius 2 is 0.714 bits per heavy atom. The average Bonchev–Trinajstić information content (AvgIpc) is 1.54. The monoisotopic (exact) mass is 250 g/mol. The van der Waals surface area contributed by atoms with Gasteiger partial charge in [0.15, 0.2) is 0 Å². The second-order valence-corrected chi connectivity index (χ2v) is 1.47. The van der Waals surface area contributed by atoms with Crippen molar-refractivity contribution in [1.29, 1.82) is 0 Å². The van der Waals surface area contributed by atoms with Crippen LogP contribution >= 0.6 is 0 Å². The fourth-order valence-electron chi connectivity index (χ4n) is 0. The van der Waals surface area contributed by atoms with Crippen molar-refractivity contribution < 1.29 is 52.2 Å². The fourth-order valence-corrected chi connectivity index (χ4v) is 0.